The molecule has 1 aliphatic rings. The molecule has 0 bridgehead atoms. The van der Waals surface area contributed by atoms with Crippen LogP contribution in [0.3, 0.4) is 0 Å². The zero-order valence-corrected chi connectivity index (χ0v) is 11.0. The SMILES string of the molecule is CCC1OCCC1CNCC(CN)C(C)C. The lowest BCUT2D eigenvalue weighted by Gasteiger charge is -2.22. The van der Waals surface area contributed by atoms with E-state index in [1.165, 1.54) is 6.42 Å². The molecule has 3 unspecified atom stereocenters. The Morgan fingerprint density at radius 3 is 2.75 bits per heavy atom. The molecule has 0 aromatic carbocycles. The first-order valence-electron chi connectivity index (χ1n) is 6.71. The molecule has 3 nitrogen and oxygen atoms in total. The summed E-state index contributed by atoms with van der Waals surface area (Å²) in [5.74, 6) is 1.97. The summed E-state index contributed by atoms with van der Waals surface area (Å²) in [6.45, 7) is 10.5. The van der Waals surface area contributed by atoms with Crippen molar-refractivity contribution in [3.63, 3.8) is 0 Å². The minimum absolute atomic E-state index is 0.475. The van der Waals surface area contributed by atoms with E-state index >= 15 is 0 Å². The lowest BCUT2D eigenvalue weighted by atomic mass is 9.95. The number of hydrogen-bond donors (Lipinski definition) is 2. The molecule has 16 heavy (non-hydrogen) atoms. The molecule has 0 radical (unpaired) electrons. The fourth-order valence-electron chi connectivity index (χ4n) is 2.42. The molecule has 0 amide bonds. The Morgan fingerprint density at radius 1 is 1.44 bits per heavy atom. The standard InChI is InChI=1S/C13H28N2O/c1-4-13-11(5-6-16-13)8-15-9-12(7-14)10(2)3/h10-13,15H,4-9,14H2,1-3H3. The maximum absolute atomic E-state index is 5.76. The van der Waals surface area contributed by atoms with E-state index in [1.54, 1.807) is 0 Å². The molecule has 1 fully saturated rings. The minimum atomic E-state index is 0.475. The molecule has 1 heterocycles. The maximum atomic E-state index is 5.76. The average molecular weight is 228 g/mol. The summed E-state index contributed by atoms with van der Waals surface area (Å²) in [7, 11) is 0. The summed E-state index contributed by atoms with van der Waals surface area (Å²) in [6.07, 6.45) is 2.82. The minimum Gasteiger partial charge on any atom is -0.378 e. The van der Waals surface area contributed by atoms with E-state index in [-0.39, 0.29) is 0 Å². The van der Waals surface area contributed by atoms with Crippen LogP contribution in [-0.4, -0.2) is 32.3 Å². The quantitative estimate of drug-likeness (QED) is 0.696. The van der Waals surface area contributed by atoms with Gasteiger partial charge in [0.2, 0.25) is 0 Å². The number of nitrogens with one attached hydrogen (secondary N) is 1. The van der Waals surface area contributed by atoms with Crippen LogP contribution < -0.4 is 11.1 Å². The Hall–Kier alpha value is -0.120. The van der Waals surface area contributed by atoms with Gasteiger partial charge in [-0.05, 0) is 43.7 Å². The van der Waals surface area contributed by atoms with Gasteiger partial charge in [0.1, 0.15) is 0 Å². The second kappa shape index (κ2) is 7.25. The Balaban J connectivity index is 2.19. The molecule has 1 rings (SSSR count). The Morgan fingerprint density at radius 2 is 2.19 bits per heavy atom. The van der Waals surface area contributed by atoms with Crippen LogP contribution in [-0.2, 0) is 4.74 Å². The van der Waals surface area contributed by atoms with Gasteiger partial charge in [-0.3, -0.25) is 0 Å². The fraction of sp³-hybridized carbons (Fsp3) is 1.00. The van der Waals surface area contributed by atoms with Crippen molar-refractivity contribution in [2.45, 2.75) is 39.7 Å². The van der Waals surface area contributed by atoms with E-state index in [0.29, 0.717) is 23.9 Å². The molecule has 3 N–H and O–H groups in total. The van der Waals surface area contributed by atoms with Crippen molar-refractivity contribution < 1.29 is 4.74 Å². The van der Waals surface area contributed by atoms with Gasteiger partial charge in [-0.1, -0.05) is 20.8 Å². The summed E-state index contributed by atoms with van der Waals surface area (Å²) in [5, 5.41) is 3.56. The Labute approximate surface area is 100 Å². The van der Waals surface area contributed by atoms with E-state index in [2.05, 4.69) is 26.1 Å². The third-order valence-electron chi connectivity index (χ3n) is 3.81. The van der Waals surface area contributed by atoms with Crippen molar-refractivity contribution in [2.75, 3.05) is 26.2 Å². The smallest absolute Gasteiger partial charge is 0.0613 e. The molecule has 1 aliphatic heterocycles. The van der Waals surface area contributed by atoms with Crippen LogP contribution in [0.1, 0.15) is 33.6 Å². The Bertz CT molecular complexity index is 185. The zero-order valence-electron chi connectivity index (χ0n) is 11.0. The van der Waals surface area contributed by atoms with Gasteiger partial charge in [-0.2, -0.15) is 0 Å². The second-order valence-electron chi connectivity index (χ2n) is 5.26. The summed E-state index contributed by atoms with van der Waals surface area (Å²) in [6, 6.07) is 0. The normalized spacial score (nSPS) is 27.6. The monoisotopic (exact) mass is 228 g/mol. The summed E-state index contributed by atoms with van der Waals surface area (Å²) >= 11 is 0. The summed E-state index contributed by atoms with van der Waals surface area (Å²) < 4.78 is 5.68. The highest BCUT2D eigenvalue weighted by molar-refractivity contribution is 4.78. The second-order valence-corrected chi connectivity index (χ2v) is 5.26. The molecule has 1 saturated heterocycles. The third kappa shape index (κ3) is 4.04. The number of hydrogen-bond acceptors (Lipinski definition) is 3. The Kier molecular flexibility index (Phi) is 6.32. The number of nitrogens with two attached hydrogens (primary N) is 1. The van der Waals surface area contributed by atoms with Crippen molar-refractivity contribution in [1.82, 2.24) is 5.32 Å². The first-order valence-corrected chi connectivity index (χ1v) is 6.71. The lowest BCUT2D eigenvalue weighted by molar-refractivity contribution is 0.0869. The van der Waals surface area contributed by atoms with Gasteiger partial charge in [0.05, 0.1) is 6.10 Å². The highest BCUT2D eigenvalue weighted by Crippen LogP contribution is 2.22. The van der Waals surface area contributed by atoms with Gasteiger partial charge in [0.25, 0.3) is 0 Å². The molecule has 0 aromatic rings. The molecular weight excluding hydrogens is 200 g/mol. The molecule has 3 atom stereocenters. The fourth-order valence-corrected chi connectivity index (χ4v) is 2.42. The number of rotatable bonds is 7. The highest BCUT2D eigenvalue weighted by Gasteiger charge is 2.26. The van der Waals surface area contributed by atoms with Gasteiger partial charge >= 0.3 is 0 Å². The van der Waals surface area contributed by atoms with Crippen molar-refractivity contribution >= 4 is 0 Å². The van der Waals surface area contributed by atoms with Crippen LogP contribution in [0.25, 0.3) is 0 Å². The molecular formula is C13H28N2O. The molecule has 96 valence electrons. The maximum Gasteiger partial charge on any atom is 0.0613 e. The molecule has 0 saturated carbocycles. The predicted molar refractivity (Wildman–Crippen MR) is 68.4 cm³/mol. The van der Waals surface area contributed by atoms with Crippen molar-refractivity contribution in [1.29, 1.82) is 0 Å². The lowest BCUT2D eigenvalue weighted by Crippen LogP contribution is -2.36. The first-order chi connectivity index (χ1) is 7.69. The predicted octanol–water partition coefficient (Wildman–Crippen LogP) is 1.62. The topological polar surface area (TPSA) is 47.3 Å². The number of ether oxygens (including phenoxy) is 1. The third-order valence-corrected chi connectivity index (χ3v) is 3.81. The summed E-state index contributed by atoms with van der Waals surface area (Å²) in [5.41, 5.74) is 5.76. The van der Waals surface area contributed by atoms with E-state index in [0.717, 1.165) is 32.7 Å². The van der Waals surface area contributed by atoms with Crippen LogP contribution in [0.5, 0.6) is 0 Å². The van der Waals surface area contributed by atoms with Crippen LogP contribution in [0.2, 0.25) is 0 Å². The largest absolute Gasteiger partial charge is 0.378 e. The molecule has 0 spiro atoms. The van der Waals surface area contributed by atoms with E-state index < -0.39 is 0 Å². The van der Waals surface area contributed by atoms with Crippen LogP contribution in [0.15, 0.2) is 0 Å². The van der Waals surface area contributed by atoms with Crippen molar-refractivity contribution in [2.24, 2.45) is 23.5 Å². The van der Waals surface area contributed by atoms with E-state index in [1.807, 2.05) is 0 Å². The van der Waals surface area contributed by atoms with Crippen molar-refractivity contribution in [3.05, 3.63) is 0 Å². The molecule has 0 aliphatic carbocycles. The van der Waals surface area contributed by atoms with Crippen LogP contribution in [0, 0.1) is 17.8 Å². The van der Waals surface area contributed by atoms with E-state index in [4.69, 9.17) is 10.5 Å². The van der Waals surface area contributed by atoms with Crippen LogP contribution >= 0.6 is 0 Å². The van der Waals surface area contributed by atoms with Crippen molar-refractivity contribution in [3.8, 4) is 0 Å². The van der Waals surface area contributed by atoms with Gasteiger partial charge in [-0.25, -0.2) is 0 Å². The van der Waals surface area contributed by atoms with Crippen LogP contribution in [0.4, 0.5) is 0 Å². The first kappa shape index (κ1) is 13.9. The van der Waals surface area contributed by atoms with Gasteiger partial charge < -0.3 is 15.8 Å². The van der Waals surface area contributed by atoms with Gasteiger partial charge in [-0.15, -0.1) is 0 Å². The molecule has 3 heteroatoms. The highest BCUT2D eigenvalue weighted by atomic mass is 16.5. The van der Waals surface area contributed by atoms with Gasteiger partial charge in [0.15, 0.2) is 0 Å². The summed E-state index contributed by atoms with van der Waals surface area (Å²) in [4.78, 5) is 0. The van der Waals surface area contributed by atoms with Gasteiger partial charge in [0, 0.05) is 13.2 Å². The van der Waals surface area contributed by atoms with E-state index in [9.17, 15) is 0 Å². The molecule has 0 aromatic heterocycles. The average Bonchev–Trinajstić information content (AvgIpc) is 2.71. The zero-order chi connectivity index (χ0) is 12.0.